The van der Waals surface area contributed by atoms with E-state index >= 15 is 0 Å². The molecule has 5 aromatic rings. The Labute approximate surface area is 199 Å². The van der Waals surface area contributed by atoms with Gasteiger partial charge in [-0.25, -0.2) is 0 Å². The number of aromatic nitrogens is 4. The van der Waals surface area contributed by atoms with Crippen LogP contribution >= 0.6 is 11.8 Å². The Balaban J connectivity index is 1.22. The molecule has 9 heteroatoms. The molecule has 0 aliphatic heterocycles. The normalized spacial score (nSPS) is 13.4. The lowest BCUT2D eigenvalue weighted by atomic mass is 10.1. The predicted molar refractivity (Wildman–Crippen MR) is 131 cm³/mol. The van der Waals surface area contributed by atoms with Gasteiger partial charge in [-0.3, -0.25) is 14.3 Å². The summed E-state index contributed by atoms with van der Waals surface area (Å²) < 4.78 is 13.6. The molecule has 1 N–H and O–H groups in total. The van der Waals surface area contributed by atoms with E-state index < -0.39 is 0 Å². The number of ether oxygens (including phenoxy) is 1. The van der Waals surface area contributed by atoms with Gasteiger partial charge in [-0.2, -0.15) is 0 Å². The third kappa shape index (κ3) is 3.77. The van der Waals surface area contributed by atoms with Crippen molar-refractivity contribution in [2.24, 2.45) is 0 Å². The number of nitrogens with zero attached hydrogens (tertiary/aromatic N) is 4. The Hall–Kier alpha value is -3.85. The average Bonchev–Trinajstić information content (AvgIpc) is 3.51. The van der Waals surface area contributed by atoms with Crippen molar-refractivity contribution in [1.82, 2.24) is 19.7 Å². The highest BCUT2D eigenvalue weighted by atomic mass is 32.2. The summed E-state index contributed by atoms with van der Waals surface area (Å²) in [4.78, 5) is 17.0. The molecule has 0 bridgehead atoms. The first kappa shape index (κ1) is 20.7. The molecule has 0 spiro atoms. The second-order valence-electron chi connectivity index (χ2n) is 8.13. The van der Waals surface area contributed by atoms with Crippen molar-refractivity contribution in [1.29, 1.82) is 0 Å². The van der Waals surface area contributed by atoms with Crippen LogP contribution in [-0.2, 0) is 4.79 Å². The molecule has 1 aliphatic rings. The van der Waals surface area contributed by atoms with Crippen molar-refractivity contribution >= 4 is 45.3 Å². The molecule has 1 saturated carbocycles. The number of thioether (sulfide) groups is 1. The molecule has 34 heavy (non-hydrogen) atoms. The van der Waals surface area contributed by atoms with E-state index in [1.54, 1.807) is 19.5 Å². The highest BCUT2D eigenvalue weighted by Gasteiger charge is 2.30. The van der Waals surface area contributed by atoms with Gasteiger partial charge in [0.25, 0.3) is 0 Å². The Morgan fingerprint density at radius 2 is 2.03 bits per heavy atom. The quantitative estimate of drug-likeness (QED) is 0.321. The third-order valence-electron chi connectivity index (χ3n) is 5.80. The maximum absolute atomic E-state index is 12.9. The molecule has 2 aromatic carbocycles. The van der Waals surface area contributed by atoms with Crippen LogP contribution in [0.2, 0.25) is 0 Å². The number of para-hydroxylation sites is 1. The largest absolute Gasteiger partial charge is 0.495 e. The smallest absolute Gasteiger partial charge is 0.234 e. The van der Waals surface area contributed by atoms with Gasteiger partial charge in [-0.1, -0.05) is 30.0 Å². The second-order valence-corrected chi connectivity index (χ2v) is 9.08. The fourth-order valence-corrected chi connectivity index (χ4v) is 4.87. The summed E-state index contributed by atoms with van der Waals surface area (Å²) in [5, 5.41) is 14.4. The number of methoxy groups -OCH3 is 1. The van der Waals surface area contributed by atoms with E-state index in [4.69, 9.17) is 9.15 Å². The van der Waals surface area contributed by atoms with Gasteiger partial charge in [-0.15, -0.1) is 10.2 Å². The zero-order chi connectivity index (χ0) is 23.1. The van der Waals surface area contributed by atoms with Gasteiger partial charge in [0, 0.05) is 40.8 Å². The molecule has 0 radical (unpaired) electrons. The SMILES string of the molecule is COc1cc2c(cc1NC(=O)CSc1nnc(-c3cccnc3)n1C1CC1)oc1ccccc12. The van der Waals surface area contributed by atoms with Gasteiger partial charge in [0.15, 0.2) is 11.0 Å². The van der Waals surface area contributed by atoms with Crippen molar-refractivity contribution in [3.05, 3.63) is 60.9 Å². The van der Waals surface area contributed by atoms with Crippen molar-refractivity contribution in [2.75, 3.05) is 18.2 Å². The van der Waals surface area contributed by atoms with Gasteiger partial charge in [-0.05, 0) is 37.1 Å². The monoisotopic (exact) mass is 471 g/mol. The number of amides is 1. The van der Waals surface area contributed by atoms with Crippen LogP contribution in [0.3, 0.4) is 0 Å². The number of hydrogen-bond donors (Lipinski definition) is 1. The van der Waals surface area contributed by atoms with Crippen molar-refractivity contribution < 1.29 is 13.9 Å². The van der Waals surface area contributed by atoms with E-state index in [0.717, 1.165) is 45.7 Å². The Morgan fingerprint density at radius 3 is 2.82 bits per heavy atom. The fraction of sp³-hybridized carbons (Fsp3) is 0.200. The van der Waals surface area contributed by atoms with E-state index in [0.29, 0.717) is 23.1 Å². The summed E-state index contributed by atoms with van der Waals surface area (Å²) in [7, 11) is 1.59. The zero-order valence-corrected chi connectivity index (χ0v) is 19.2. The number of pyridine rings is 1. The van der Waals surface area contributed by atoms with E-state index in [1.807, 2.05) is 48.5 Å². The van der Waals surface area contributed by atoms with Crippen LogP contribution in [0, 0.1) is 0 Å². The number of hydrogen-bond acceptors (Lipinski definition) is 7. The average molecular weight is 472 g/mol. The predicted octanol–water partition coefficient (Wildman–Crippen LogP) is 5.31. The molecule has 1 fully saturated rings. The van der Waals surface area contributed by atoms with Crippen LogP contribution in [0.1, 0.15) is 18.9 Å². The number of nitrogens with one attached hydrogen (secondary N) is 1. The molecule has 170 valence electrons. The summed E-state index contributed by atoms with van der Waals surface area (Å²) in [6, 6.07) is 15.8. The first-order valence-corrected chi connectivity index (χ1v) is 12.0. The number of rotatable bonds is 7. The second kappa shape index (κ2) is 8.49. The van der Waals surface area contributed by atoms with Crippen molar-refractivity contribution in [3.8, 4) is 17.1 Å². The van der Waals surface area contributed by atoms with Gasteiger partial charge in [0.2, 0.25) is 5.91 Å². The molecule has 0 atom stereocenters. The molecule has 0 unspecified atom stereocenters. The van der Waals surface area contributed by atoms with E-state index in [9.17, 15) is 4.79 Å². The third-order valence-corrected chi connectivity index (χ3v) is 6.74. The summed E-state index contributed by atoms with van der Waals surface area (Å²) in [5.41, 5.74) is 2.98. The zero-order valence-electron chi connectivity index (χ0n) is 18.4. The highest BCUT2D eigenvalue weighted by molar-refractivity contribution is 7.99. The minimum absolute atomic E-state index is 0.160. The first-order valence-electron chi connectivity index (χ1n) is 11.0. The van der Waals surface area contributed by atoms with Crippen molar-refractivity contribution in [3.63, 3.8) is 0 Å². The van der Waals surface area contributed by atoms with Crippen LogP contribution in [0.4, 0.5) is 5.69 Å². The van der Waals surface area contributed by atoms with E-state index in [-0.39, 0.29) is 11.7 Å². The Morgan fingerprint density at radius 1 is 1.15 bits per heavy atom. The van der Waals surface area contributed by atoms with Crippen LogP contribution in [0.15, 0.2) is 70.5 Å². The number of anilines is 1. The van der Waals surface area contributed by atoms with Gasteiger partial charge >= 0.3 is 0 Å². The number of benzene rings is 2. The summed E-state index contributed by atoms with van der Waals surface area (Å²) in [6.45, 7) is 0. The molecular weight excluding hydrogens is 450 g/mol. The van der Waals surface area contributed by atoms with Gasteiger partial charge < -0.3 is 14.5 Å². The molecule has 6 rings (SSSR count). The number of carbonyl (C=O) groups is 1. The van der Waals surface area contributed by atoms with Gasteiger partial charge in [0.05, 0.1) is 18.6 Å². The van der Waals surface area contributed by atoms with E-state index in [2.05, 4.69) is 25.1 Å². The van der Waals surface area contributed by atoms with Gasteiger partial charge in [0.1, 0.15) is 16.9 Å². The Bertz CT molecular complexity index is 1510. The summed E-state index contributed by atoms with van der Waals surface area (Å²) in [5.74, 6) is 1.40. The lowest BCUT2D eigenvalue weighted by molar-refractivity contribution is -0.113. The minimum Gasteiger partial charge on any atom is -0.495 e. The topological polar surface area (TPSA) is 95.1 Å². The molecular formula is C25H21N5O3S. The van der Waals surface area contributed by atoms with Crippen LogP contribution in [0.25, 0.3) is 33.3 Å². The molecule has 1 amide bonds. The maximum Gasteiger partial charge on any atom is 0.234 e. The Kier molecular flexibility index (Phi) is 5.18. The molecule has 0 saturated heterocycles. The standard InChI is InChI=1S/C25H21N5O3S/c1-32-22-11-18-17-6-2-3-7-20(17)33-21(18)12-19(22)27-23(31)14-34-25-29-28-24(30(25)16-8-9-16)15-5-4-10-26-13-15/h2-7,10-13,16H,8-9,14H2,1H3,(H,27,31). The lowest BCUT2D eigenvalue weighted by Gasteiger charge is -2.11. The van der Waals surface area contributed by atoms with Crippen molar-refractivity contribution in [2.45, 2.75) is 24.0 Å². The fourth-order valence-electron chi connectivity index (χ4n) is 4.06. The van der Waals surface area contributed by atoms with Crippen LogP contribution in [0.5, 0.6) is 5.75 Å². The molecule has 1 aliphatic carbocycles. The number of furan rings is 1. The van der Waals surface area contributed by atoms with E-state index in [1.165, 1.54) is 11.8 Å². The summed E-state index contributed by atoms with van der Waals surface area (Å²) >= 11 is 1.37. The number of fused-ring (bicyclic) bond motifs is 3. The molecule has 8 nitrogen and oxygen atoms in total. The lowest BCUT2D eigenvalue weighted by Crippen LogP contribution is -2.15. The highest BCUT2D eigenvalue weighted by Crippen LogP contribution is 2.41. The van der Waals surface area contributed by atoms with Crippen LogP contribution < -0.4 is 10.1 Å². The minimum atomic E-state index is -0.160. The first-order chi connectivity index (χ1) is 16.7. The maximum atomic E-state index is 12.9. The van der Waals surface area contributed by atoms with Crippen LogP contribution in [-0.4, -0.2) is 38.5 Å². The summed E-state index contributed by atoms with van der Waals surface area (Å²) in [6.07, 6.45) is 5.68. The number of carbonyl (C=O) groups excluding carboxylic acids is 1. The molecule has 3 aromatic heterocycles. The molecule has 3 heterocycles.